The number of amides is 1. The highest BCUT2D eigenvalue weighted by Gasteiger charge is 2.28. The number of thiophene rings is 1. The number of aliphatic hydroxyl groups excluding tert-OH is 1. The molecule has 1 aromatic heterocycles. The first kappa shape index (κ1) is 15.9. The molecule has 1 amide bonds. The highest BCUT2D eigenvalue weighted by molar-refractivity contribution is 7.10. The number of carbonyl (C=O) groups excluding carboxylic acids is 1. The summed E-state index contributed by atoms with van der Waals surface area (Å²) in [5.41, 5.74) is 1.21. The van der Waals surface area contributed by atoms with Crippen LogP contribution in [0.3, 0.4) is 0 Å². The Labute approximate surface area is 135 Å². The monoisotopic (exact) mass is 324 g/mol. The predicted octanol–water partition coefficient (Wildman–Crippen LogP) is 1.28. The third kappa shape index (κ3) is 3.68. The van der Waals surface area contributed by atoms with Gasteiger partial charge in [-0.05, 0) is 23.9 Å². The van der Waals surface area contributed by atoms with E-state index in [2.05, 4.69) is 16.3 Å². The maximum absolute atomic E-state index is 12.5. The first-order valence-electron chi connectivity index (χ1n) is 7.99. The molecule has 3 heterocycles. The highest BCUT2D eigenvalue weighted by Crippen LogP contribution is 2.33. The van der Waals surface area contributed by atoms with Gasteiger partial charge in [0.05, 0.1) is 25.2 Å². The average molecular weight is 324 g/mol. The average Bonchev–Trinajstić information content (AvgIpc) is 2.97. The quantitative estimate of drug-likeness (QED) is 0.906. The Hall–Kier alpha value is -0.950. The Kier molecular flexibility index (Phi) is 5.13. The zero-order valence-electron chi connectivity index (χ0n) is 13.0. The number of carbonyl (C=O) groups is 1. The van der Waals surface area contributed by atoms with E-state index in [0.717, 1.165) is 32.6 Å². The third-order valence-corrected chi connectivity index (χ3v) is 5.38. The van der Waals surface area contributed by atoms with Gasteiger partial charge in [-0.3, -0.25) is 9.69 Å². The summed E-state index contributed by atoms with van der Waals surface area (Å²) >= 11 is 1.76. The van der Waals surface area contributed by atoms with Gasteiger partial charge in [-0.15, -0.1) is 11.3 Å². The number of hydrogen-bond acceptors (Lipinski definition) is 5. The van der Waals surface area contributed by atoms with Crippen LogP contribution in [0.15, 0.2) is 11.4 Å². The molecule has 0 bridgehead atoms. The van der Waals surface area contributed by atoms with Crippen molar-refractivity contribution in [2.24, 2.45) is 0 Å². The number of nitrogens with zero attached hydrogens (tertiary/aromatic N) is 2. The van der Waals surface area contributed by atoms with Gasteiger partial charge in [0.2, 0.25) is 5.91 Å². The summed E-state index contributed by atoms with van der Waals surface area (Å²) in [7, 11) is 0. The van der Waals surface area contributed by atoms with E-state index in [-0.39, 0.29) is 18.1 Å². The number of rotatable bonds is 4. The van der Waals surface area contributed by atoms with Gasteiger partial charge in [-0.1, -0.05) is 0 Å². The van der Waals surface area contributed by atoms with Crippen molar-refractivity contribution in [2.75, 3.05) is 39.3 Å². The van der Waals surface area contributed by atoms with Gasteiger partial charge in [0, 0.05) is 44.0 Å². The van der Waals surface area contributed by atoms with Crippen LogP contribution in [-0.2, 0) is 16.0 Å². The van der Waals surface area contributed by atoms with E-state index < -0.39 is 0 Å². The SMILES string of the molecule is C[C@@H](O)CN1CCN(C(=O)C[C@@H]2OCCc3sccc32)CC1. The van der Waals surface area contributed by atoms with Gasteiger partial charge < -0.3 is 14.7 Å². The number of ether oxygens (including phenoxy) is 1. The van der Waals surface area contributed by atoms with Crippen LogP contribution >= 0.6 is 11.3 Å². The van der Waals surface area contributed by atoms with Crippen LogP contribution < -0.4 is 0 Å². The Morgan fingerprint density at radius 2 is 2.23 bits per heavy atom. The van der Waals surface area contributed by atoms with E-state index in [1.54, 1.807) is 18.3 Å². The number of aliphatic hydroxyl groups is 1. The summed E-state index contributed by atoms with van der Waals surface area (Å²) in [6.45, 7) is 6.37. The lowest BCUT2D eigenvalue weighted by Crippen LogP contribution is -2.50. The van der Waals surface area contributed by atoms with Gasteiger partial charge in [0.1, 0.15) is 0 Å². The lowest BCUT2D eigenvalue weighted by Gasteiger charge is -2.36. The molecule has 2 atom stereocenters. The van der Waals surface area contributed by atoms with Crippen molar-refractivity contribution < 1.29 is 14.6 Å². The molecule has 2 aliphatic rings. The minimum atomic E-state index is -0.310. The van der Waals surface area contributed by atoms with Crippen molar-refractivity contribution >= 4 is 17.2 Å². The number of fused-ring (bicyclic) bond motifs is 1. The smallest absolute Gasteiger partial charge is 0.225 e. The fraction of sp³-hybridized carbons (Fsp3) is 0.688. The maximum Gasteiger partial charge on any atom is 0.225 e. The molecule has 0 spiro atoms. The molecule has 1 aromatic rings. The van der Waals surface area contributed by atoms with Crippen LogP contribution in [0.5, 0.6) is 0 Å². The molecular formula is C16H24N2O3S. The molecule has 1 fully saturated rings. The van der Waals surface area contributed by atoms with E-state index in [0.29, 0.717) is 19.6 Å². The normalized spacial score (nSPS) is 24.1. The molecule has 0 radical (unpaired) electrons. The molecule has 3 rings (SSSR count). The number of piperazine rings is 1. The fourth-order valence-electron chi connectivity index (χ4n) is 3.23. The van der Waals surface area contributed by atoms with Gasteiger partial charge in [-0.25, -0.2) is 0 Å². The van der Waals surface area contributed by atoms with Crippen molar-refractivity contribution in [3.63, 3.8) is 0 Å². The van der Waals surface area contributed by atoms with Gasteiger partial charge in [0.15, 0.2) is 0 Å². The van der Waals surface area contributed by atoms with Crippen LogP contribution in [0, 0.1) is 0 Å². The second-order valence-electron chi connectivity index (χ2n) is 6.14. The molecule has 0 unspecified atom stereocenters. The molecule has 5 nitrogen and oxygen atoms in total. The Morgan fingerprint density at radius 3 is 2.95 bits per heavy atom. The van der Waals surface area contributed by atoms with Crippen molar-refractivity contribution in [1.29, 1.82) is 0 Å². The standard InChI is InChI=1S/C16H24N2O3S/c1-12(19)11-17-4-6-18(7-5-17)16(20)10-14-13-3-9-22-15(13)2-8-21-14/h3,9,12,14,19H,2,4-8,10-11H2,1H3/t12-,14+/m1/s1. The molecule has 122 valence electrons. The molecule has 0 aromatic carbocycles. The minimum absolute atomic E-state index is 0.0713. The fourth-order valence-corrected chi connectivity index (χ4v) is 4.15. The van der Waals surface area contributed by atoms with E-state index in [1.807, 2.05) is 4.90 Å². The van der Waals surface area contributed by atoms with E-state index >= 15 is 0 Å². The third-order valence-electron chi connectivity index (χ3n) is 4.38. The first-order valence-corrected chi connectivity index (χ1v) is 8.87. The van der Waals surface area contributed by atoms with Crippen molar-refractivity contribution in [3.05, 3.63) is 21.9 Å². The summed E-state index contributed by atoms with van der Waals surface area (Å²) in [6, 6.07) is 2.09. The van der Waals surface area contributed by atoms with Crippen molar-refractivity contribution in [2.45, 2.75) is 32.0 Å². The summed E-state index contributed by atoms with van der Waals surface area (Å²) < 4.78 is 5.81. The van der Waals surface area contributed by atoms with Crippen molar-refractivity contribution in [3.8, 4) is 0 Å². The van der Waals surface area contributed by atoms with E-state index in [1.165, 1.54) is 10.4 Å². The Balaban J connectivity index is 1.52. The Morgan fingerprint density at radius 1 is 1.45 bits per heavy atom. The predicted molar refractivity (Wildman–Crippen MR) is 86.0 cm³/mol. The highest BCUT2D eigenvalue weighted by atomic mass is 32.1. The topological polar surface area (TPSA) is 53.0 Å². The van der Waals surface area contributed by atoms with Gasteiger partial charge in [0.25, 0.3) is 0 Å². The van der Waals surface area contributed by atoms with Crippen LogP contribution in [0.25, 0.3) is 0 Å². The minimum Gasteiger partial charge on any atom is -0.392 e. The summed E-state index contributed by atoms with van der Waals surface area (Å²) in [5.74, 6) is 0.181. The molecule has 0 saturated carbocycles. The zero-order chi connectivity index (χ0) is 15.5. The van der Waals surface area contributed by atoms with Gasteiger partial charge >= 0.3 is 0 Å². The lowest BCUT2D eigenvalue weighted by atomic mass is 10.0. The van der Waals surface area contributed by atoms with E-state index in [4.69, 9.17) is 4.74 Å². The molecule has 2 aliphatic heterocycles. The second kappa shape index (κ2) is 7.08. The van der Waals surface area contributed by atoms with Crippen LogP contribution in [-0.4, -0.2) is 66.2 Å². The van der Waals surface area contributed by atoms with Crippen LogP contribution in [0.4, 0.5) is 0 Å². The maximum atomic E-state index is 12.5. The number of hydrogen-bond donors (Lipinski definition) is 1. The summed E-state index contributed by atoms with van der Waals surface area (Å²) in [6.07, 6.45) is 1.03. The molecule has 1 N–H and O–H groups in total. The molecule has 22 heavy (non-hydrogen) atoms. The van der Waals surface area contributed by atoms with Crippen LogP contribution in [0.2, 0.25) is 0 Å². The van der Waals surface area contributed by atoms with E-state index in [9.17, 15) is 9.90 Å². The first-order chi connectivity index (χ1) is 10.6. The molecule has 0 aliphatic carbocycles. The second-order valence-corrected chi connectivity index (χ2v) is 7.14. The lowest BCUT2D eigenvalue weighted by molar-refractivity contribution is -0.136. The van der Waals surface area contributed by atoms with Gasteiger partial charge in [-0.2, -0.15) is 0 Å². The summed E-state index contributed by atoms with van der Waals surface area (Å²) in [5, 5.41) is 11.5. The Bertz CT molecular complexity index is 509. The zero-order valence-corrected chi connectivity index (χ0v) is 13.8. The number of β-amino-alcohol motifs (C(OH)–C–C–N with tert-alkyl or cyclic N) is 1. The van der Waals surface area contributed by atoms with Crippen LogP contribution in [0.1, 0.15) is 29.9 Å². The summed E-state index contributed by atoms with van der Waals surface area (Å²) in [4.78, 5) is 18.0. The molecule has 1 saturated heterocycles. The largest absolute Gasteiger partial charge is 0.392 e. The molecular weight excluding hydrogens is 300 g/mol. The van der Waals surface area contributed by atoms with Crippen molar-refractivity contribution in [1.82, 2.24) is 9.80 Å². The molecule has 6 heteroatoms.